The maximum Gasteiger partial charge on any atom is 0.337 e. The third kappa shape index (κ3) is 45.3. The van der Waals surface area contributed by atoms with E-state index in [-0.39, 0.29) is 72.5 Å². The molecule has 0 saturated carbocycles. The number of unbranched alkanes of at least 4 members (excludes halogenated alkanes) is 3. The Hall–Kier alpha value is -7.99. The second-order valence-electron chi connectivity index (χ2n) is 32.0. The van der Waals surface area contributed by atoms with E-state index in [2.05, 4.69) is 143 Å². The third-order valence-electron chi connectivity index (χ3n) is 21.5. The van der Waals surface area contributed by atoms with Crippen molar-refractivity contribution in [3.63, 3.8) is 0 Å². The van der Waals surface area contributed by atoms with Crippen molar-refractivity contribution >= 4 is 110 Å². The summed E-state index contributed by atoms with van der Waals surface area (Å²) in [6.45, 7) is 38.8. The molecule has 0 aliphatic rings. The summed E-state index contributed by atoms with van der Waals surface area (Å²) >= 11 is 3.35. The fraction of sp³-hybridized carbons (Fsp3) is 0.452. The summed E-state index contributed by atoms with van der Waals surface area (Å²) in [5.41, 5.74) is 17.8. The van der Waals surface area contributed by atoms with Gasteiger partial charge >= 0.3 is 138 Å². The molecule has 0 unspecified atom stereocenters. The van der Waals surface area contributed by atoms with Crippen LogP contribution in [0.1, 0.15) is 275 Å². The minimum Gasteiger partial charge on any atom is -0.478 e. The second kappa shape index (κ2) is 65.6. The van der Waals surface area contributed by atoms with Gasteiger partial charge in [0.2, 0.25) is 0 Å². The van der Waals surface area contributed by atoms with Crippen molar-refractivity contribution in [2.75, 3.05) is 38.3 Å². The van der Waals surface area contributed by atoms with Gasteiger partial charge in [0.1, 0.15) is 23.3 Å². The number of carboxylic acid groups (broad SMARTS) is 1. The standard InChI is InChI=1S/C33H40F2N2O3.C19H24F2N2O.C14H18O3.C11H12O3.C9H9BrO2.C4H7O.3C4H9.C2H5I.ClH.Sn/c1-5-22-9-8-10-23(13-22)19-36-20-31(38)30(16-24-14-28(34)18-29(35)15-24)37-33(40)27-12-21(4)11-26(17-27)32(39)25(6-2)7-3;1-2-13-4-3-5-14(6-13)11-23-12-19(24)18(22)9-15-7-16(20)10-17(21)8-15;1-4-10(5-2)13(15)11-6-9(3)7-12(8-11)14(16)17;1-7-4-9(8(2)12)6-10(5-7)11(13)14-3;1-6-3-7(9(11)12-2)5-8(10)4-6;1-3-5-4-2;3*1-3-4-2;1-2-3;;/h8-15,17-18,25,30-31,36,38H,5-7,16,19-20H2,1-4H3,(H,37,40);3-8,10,18-19,23-24H,2,9,11-12,22H2,1H3;6-8,10H,4-5H2,1-3H3,(H,16,17);4-6H,1-3H3;3-5H,1-2H3;1,4H2,2H3;3*1,3-4H2,2H3;2H2,1H3;1H;/t30-,31+;18-,19+;;;;;;;;;;/m00........../s1. The number of rotatable bonds is 42. The molecule has 0 fully saturated rings. The molecule has 0 radical (unpaired) electrons. The molecule has 129 heavy (non-hydrogen) atoms. The Bertz CT molecular complexity index is 4680. The summed E-state index contributed by atoms with van der Waals surface area (Å²) in [4.78, 5) is 82.8. The van der Waals surface area contributed by atoms with Gasteiger partial charge in [0.25, 0.3) is 5.91 Å². The Kier molecular flexibility index (Phi) is 60.5. The maximum absolute atomic E-state index is 13.9. The molecule has 710 valence electrons. The molecule has 1 amide bonds. The SMILES string of the molecule is C=[C](OCC)[Sn]([CH2]CCC)([CH2]CCC)[CH2]CCC.CCC(CC)C(=O)c1cc(C)cc(C(=O)O)c1.CCI.CCc1cccc(CNC[C@@H](O)[C@@H](N)Cc2cc(F)cc(F)c2)c1.CCc1cccc(CNC[C@@H](O)[C@H](Cc2cc(F)cc(F)c2)NC(=O)c2cc(C)cc(C(=O)C(CC)CC)c2)c1.COC(=O)c1cc(C)cc(Br)c1.COC(=O)c1cc(C)cc(C(C)=O)c1.Cl. The van der Waals surface area contributed by atoms with Crippen LogP contribution in [0.4, 0.5) is 17.6 Å². The molecule has 0 saturated heterocycles. The average molecular weight is 2090 g/mol. The molecular weight excluding hydrogens is 1950 g/mol. The van der Waals surface area contributed by atoms with Crippen LogP contribution in [0.3, 0.4) is 0 Å². The van der Waals surface area contributed by atoms with E-state index in [1.54, 1.807) is 67.6 Å². The Morgan fingerprint density at radius 3 is 1.22 bits per heavy atom. The number of carbonyl (C=O) groups excluding carboxylic acids is 6. The number of esters is 2. The zero-order valence-corrected chi connectivity index (χ0v) is 86.5. The van der Waals surface area contributed by atoms with Crippen LogP contribution in [-0.2, 0) is 53.0 Å². The van der Waals surface area contributed by atoms with E-state index >= 15 is 0 Å². The van der Waals surface area contributed by atoms with Crippen LogP contribution in [0, 0.1) is 62.8 Å². The van der Waals surface area contributed by atoms with E-state index in [0.717, 1.165) is 82.3 Å². The monoisotopic (exact) mass is 2090 g/mol. The number of methoxy groups -OCH3 is 2. The number of Topliss-reactive ketones (excluding diaryl/α,β-unsaturated/α-hetero) is 3. The molecule has 0 spiro atoms. The van der Waals surface area contributed by atoms with Crippen LogP contribution in [0.5, 0.6) is 0 Å². The number of alkyl halides is 1. The molecular formula is C104H143BrClF4IN4O13Sn. The largest absolute Gasteiger partial charge is 0.478 e. The van der Waals surface area contributed by atoms with E-state index in [1.165, 1.54) is 123 Å². The van der Waals surface area contributed by atoms with Gasteiger partial charge in [0, 0.05) is 82.9 Å². The Balaban J connectivity index is 0.000000810. The van der Waals surface area contributed by atoms with Crippen LogP contribution < -0.4 is 21.7 Å². The van der Waals surface area contributed by atoms with Crippen molar-refractivity contribution in [3.05, 3.63) is 290 Å². The van der Waals surface area contributed by atoms with Crippen LogP contribution in [0.15, 0.2) is 173 Å². The topological polar surface area (TPSA) is 270 Å². The third-order valence-corrected chi connectivity index (χ3v) is 36.9. The molecule has 8 aromatic rings. The Labute approximate surface area is 798 Å². The van der Waals surface area contributed by atoms with Gasteiger partial charge in [-0.15, -0.1) is 12.4 Å². The molecule has 0 heterocycles. The van der Waals surface area contributed by atoms with Crippen molar-refractivity contribution in [1.82, 2.24) is 16.0 Å². The van der Waals surface area contributed by atoms with Crippen molar-refractivity contribution in [1.29, 1.82) is 0 Å². The normalized spacial score (nSPS) is 11.6. The van der Waals surface area contributed by atoms with Gasteiger partial charge in [-0.3, -0.25) is 19.2 Å². The van der Waals surface area contributed by atoms with Crippen molar-refractivity contribution in [2.45, 2.75) is 251 Å². The number of halogens is 7. The quantitative estimate of drug-likeness (QED) is 0.00356. The number of ether oxygens (including phenoxy) is 3. The molecule has 8 rings (SSSR count). The molecule has 0 aliphatic heterocycles. The number of nitrogens with two attached hydrogens (primary N) is 1. The number of nitrogens with one attached hydrogen (secondary N) is 3. The summed E-state index contributed by atoms with van der Waals surface area (Å²) in [5, 5.41) is 39.4. The predicted octanol–water partition coefficient (Wildman–Crippen LogP) is 24.1. The predicted molar refractivity (Wildman–Crippen MR) is 533 cm³/mol. The number of aryl methyl sites for hydroxylation is 6. The van der Waals surface area contributed by atoms with Crippen LogP contribution >= 0.6 is 50.9 Å². The van der Waals surface area contributed by atoms with Crippen LogP contribution in [0.25, 0.3) is 0 Å². The Morgan fingerprint density at radius 1 is 0.481 bits per heavy atom. The summed E-state index contributed by atoms with van der Waals surface area (Å²) in [7, 11) is 2.69. The fourth-order valence-electron chi connectivity index (χ4n) is 14.4. The molecule has 25 heteroatoms. The minimum atomic E-state index is -2.24. The van der Waals surface area contributed by atoms with Crippen molar-refractivity contribution in [3.8, 4) is 0 Å². The van der Waals surface area contributed by atoms with E-state index < -0.39 is 83.8 Å². The second-order valence-corrected chi connectivity index (χ2v) is 47.7. The van der Waals surface area contributed by atoms with Crippen LogP contribution in [-0.4, -0.2) is 137 Å². The maximum atomic E-state index is 13.9. The van der Waals surface area contributed by atoms with Gasteiger partial charge in [0.15, 0.2) is 17.3 Å². The molecule has 17 nitrogen and oxygen atoms in total. The number of benzene rings is 8. The summed E-state index contributed by atoms with van der Waals surface area (Å²) in [6, 6.07) is 41.6. The van der Waals surface area contributed by atoms with Gasteiger partial charge in [-0.05, 0) is 243 Å². The fourth-order valence-corrected chi connectivity index (χ4v) is 29.6. The zero-order chi connectivity index (χ0) is 96.2. The number of carbonyl (C=O) groups is 7. The smallest absolute Gasteiger partial charge is 0.337 e. The molecule has 0 aromatic heterocycles. The van der Waals surface area contributed by atoms with Gasteiger partial charge < -0.3 is 46.5 Å². The van der Waals surface area contributed by atoms with Crippen LogP contribution in [0.2, 0.25) is 13.3 Å². The van der Waals surface area contributed by atoms with E-state index in [4.69, 9.17) is 15.6 Å². The molecule has 8 N–H and O–H groups in total. The number of hydrogen-bond acceptors (Lipinski definition) is 15. The first-order valence-corrected chi connectivity index (χ1v) is 54.5. The minimum absolute atomic E-state index is 0. The first-order chi connectivity index (χ1) is 60.8. The number of aliphatic hydroxyl groups excluding tert-OH is 2. The van der Waals surface area contributed by atoms with Crippen molar-refractivity contribution < 1.29 is 80.7 Å². The summed E-state index contributed by atoms with van der Waals surface area (Å²) in [5.74, 6) is -5.09. The van der Waals surface area contributed by atoms with E-state index in [0.29, 0.717) is 77.0 Å². The van der Waals surface area contributed by atoms with Gasteiger partial charge in [-0.2, -0.15) is 0 Å². The summed E-state index contributed by atoms with van der Waals surface area (Å²) in [6.07, 6.45) is 11.3. The Morgan fingerprint density at radius 2 is 0.837 bits per heavy atom. The number of amides is 1. The number of aliphatic hydroxyl groups is 2. The van der Waals surface area contributed by atoms with Crippen molar-refractivity contribution in [2.24, 2.45) is 17.6 Å². The van der Waals surface area contributed by atoms with Gasteiger partial charge in [0.05, 0.1) is 49.2 Å². The summed E-state index contributed by atoms with van der Waals surface area (Å²) < 4.78 is 77.0. The van der Waals surface area contributed by atoms with Gasteiger partial charge in [-0.25, -0.2) is 31.9 Å². The number of hydrogen-bond donors (Lipinski definition) is 7. The molecule has 4 atom stereocenters. The average Bonchev–Trinajstić information content (AvgIpc) is 0.836. The van der Waals surface area contributed by atoms with Gasteiger partial charge in [-0.1, -0.05) is 136 Å². The molecule has 0 aliphatic carbocycles. The first kappa shape index (κ1) is 119. The number of ketones is 3. The number of aromatic carboxylic acids is 1. The molecule has 8 aromatic carbocycles. The zero-order valence-electron chi connectivity index (χ0n) is 79.1. The van der Waals surface area contributed by atoms with E-state index in [9.17, 15) is 61.3 Å². The van der Waals surface area contributed by atoms with E-state index in [1.807, 2.05) is 78.8 Å². The molecule has 0 bridgehead atoms. The number of carboxylic acids is 1. The first-order valence-electron chi connectivity index (χ1n) is 44.7.